The molecule has 0 spiro atoms. The summed E-state index contributed by atoms with van der Waals surface area (Å²) in [6.07, 6.45) is 0. The number of carbonyl (C=O) groups is 1. The Morgan fingerprint density at radius 1 is 0.800 bits per heavy atom. The van der Waals surface area contributed by atoms with Gasteiger partial charge in [0.15, 0.2) is 5.75 Å². The number of anilines is 1. The van der Waals surface area contributed by atoms with Gasteiger partial charge in [-0.2, -0.15) is 0 Å². The van der Waals surface area contributed by atoms with Crippen molar-refractivity contribution in [3.8, 4) is 22.6 Å². The Hall–Kier alpha value is -4.47. The first-order chi connectivity index (χ1) is 16.7. The molecule has 0 unspecified atom stereocenters. The highest BCUT2D eigenvalue weighted by atomic mass is 32.2. The van der Waals surface area contributed by atoms with Crippen LogP contribution in [0.25, 0.3) is 11.1 Å². The SMILES string of the molecule is N=C(N)c1ccccc1Oc1ccccc1NC(=O)c1ccc(-c2ccccc2S(N)(=O)=O)cc1. The van der Waals surface area contributed by atoms with E-state index >= 15 is 0 Å². The van der Waals surface area contributed by atoms with Gasteiger partial charge >= 0.3 is 0 Å². The van der Waals surface area contributed by atoms with Gasteiger partial charge in [0, 0.05) is 11.1 Å². The summed E-state index contributed by atoms with van der Waals surface area (Å²) in [7, 11) is -3.90. The highest BCUT2D eigenvalue weighted by molar-refractivity contribution is 7.89. The van der Waals surface area contributed by atoms with Gasteiger partial charge in [-0.15, -0.1) is 0 Å². The van der Waals surface area contributed by atoms with E-state index in [1.807, 2.05) is 0 Å². The van der Waals surface area contributed by atoms with E-state index in [0.717, 1.165) is 0 Å². The molecule has 0 aliphatic rings. The van der Waals surface area contributed by atoms with Crippen molar-refractivity contribution in [3.05, 3.63) is 108 Å². The normalized spacial score (nSPS) is 11.0. The van der Waals surface area contributed by atoms with Crippen molar-refractivity contribution in [1.29, 1.82) is 5.41 Å². The Morgan fingerprint density at radius 2 is 1.40 bits per heavy atom. The van der Waals surface area contributed by atoms with Crippen LogP contribution in [0, 0.1) is 5.41 Å². The highest BCUT2D eigenvalue weighted by Crippen LogP contribution is 2.32. The van der Waals surface area contributed by atoms with E-state index in [1.54, 1.807) is 91.0 Å². The maximum atomic E-state index is 12.9. The molecule has 9 heteroatoms. The zero-order chi connectivity index (χ0) is 25.0. The fourth-order valence-electron chi connectivity index (χ4n) is 3.50. The summed E-state index contributed by atoms with van der Waals surface area (Å²) in [6, 6.07) is 26.7. The molecule has 176 valence electrons. The molecule has 0 saturated carbocycles. The van der Waals surface area contributed by atoms with Crippen LogP contribution in [0.2, 0.25) is 0 Å². The van der Waals surface area contributed by atoms with E-state index in [1.165, 1.54) is 6.07 Å². The number of nitrogens with one attached hydrogen (secondary N) is 2. The molecular weight excluding hydrogens is 464 g/mol. The van der Waals surface area contributed by atoms with Crippen LogP contribution < -0.4 is 20.9 Å². The van der Waals surface area contributed by atoms with Crippen LogP contribution in [0.3, 0.4) is 0 Å². The monoisotopic (exact) mass is 486 g/mol. The van der Waals surface area contributed by atoms with Crippen molar-refractivity contribution in [1.82, 2.24) is 0 Å². The lowest BCUT2D eigenvalue weighted by molar-refractivity contribution is 0.102. The number of benzene rings is 4. The van der Waals surface area contributed by atoms with Gasteiger partial charge < -0.3 is 15.8 Å². The quantitative estimate of drug-likeness (QED) is 0.227. The lowest BCUT2D eigenvalue weighted by Gasteiger charge is -2.14. The van der Waals surface area contributed by atoms with Gasteiger partial charge in [0.1, 0.15) is 11.6 Å². The highest BCUT2D eigenvalue weighted by Gasteiger charge is 2.16. The minimum atomic E-state index is -3.90. The van der Waals surface area contributed by atoms with Crippen LogP contribution in [0.1, 0.15) is 15.9 Å². The Morgan fingerprint density at radius 3 is 2.09 bits per heavy atom. The predicted octanol–water partition coefficient (Wildman–Crippen LogP) is 4.33. The number of primary sulfonamides is 1. The van der Waals surface area contributed by atoms with Gasteiger partial charge in [-0.25, -0.2) is 13.6 Å². The second-order valence-corrected chi connectivity index (χ2v) is 9.11. The van der Waals surface area contributed by atoms with Gasteiger partial charge in [-0.3, -0.25) is 10.2 Å². The van der Waals surface area contributed by atoms with Gasteiger partial charge in [0.05, 0.1) is 16.1 Å². The first kappa shape index (κ1) is 23.7. The molecule has 0 fully saturated rings. The van der Waals surface area contributed by atoms with E-state index in [-0.39, 0.29) is 16.6 Å². The minimum absolute atomic E-state index is 0.00844. The Kier molecular flexibility index (Phi) is 6.63. The van der Waals surface area contributed by atoms with E-state index in [4.69, 9.17) is 21.0 Å². The average molecular weight is 487 g/mol. The molecule has 4 rings (SSSR count). The molecule has 8 nitrogen and oxygen atoms in total. The molecular formula is C26H22N4O4S. The van der Waals surface area contributed by atoms with Crippen LogP contribution in [0.4, 0.5) is 5.69 Å². The second kappa shape index (κ2) is 9.80. The van der Waals surface area contributed by atoms with Crippen molar-refractivity contribution in [2.45, 2.75) is 4.90 Å². The van der Waals surface area contributed by atoms with Crippen LogP contribution in [-0.2, 0) is 10.0 Å². The summed E-state index contributed by atoms with van der Waals surface area (Å²) in [5.74, 6) is 0.256. The molecule has 0 aromatic heterocycles. The lowest BCUT2D eigenvalue weighted by atomic mass is 10.0. The van der Waals surface area contributed by atoms with Crippen molar-refractivity contribution in [2.24, 2.45) is 10.9 Å². The first-order valence-electron chi connectivity index (χ1n) is 10.5. The summed E-state index contributed by atoms with van der Waals surface area (Å²) in [6.45, 7) is 0. The van der Waals surface area contributed by atoms with Gasteiger partial charge in [-0.05, 0) is 48.0 Å². The smallest absolute Gasteiger partial charge is 0.255 e. The summed E-state index contributed by atoms with van der Waals surface area (Å²) in [4.78, 5) is 12.9. The number of sulfonamides is 1. The lowest BCUT2D eigenvalue weighted by Crippen LogP contribution is -2.14. The molecule has 4 aromatic carbocycles. The fourth-order valence-corrected chi connectivity index (χ4v) is 4.27. The van der Waals surface area contributed by atoms with Crippen molar-refractivity contribution >= 4 is 27.5 Å². The molecule has 0 heterocycles. The Balaban J connectivity index is 1.57. The van der Waals surface area contributed by atoms with Crippen molar-refractivity contribution < 1.29 is 17.9 Å². The number of ether oxygens (including phenoxy) is 1. The molecule has 0 saturated heterocycles. The number of hydrogen-bond acceptors (Lipinski definition) is 5. The number of nitrogens with two attached hydrogens (primary N) is 2. The number of amidine groups is 1. The predicted molar refractivity (Wildman–Crippen MR) is 135 cm³/mol. The third kappa shape index (κ3) is 5.37. The van der Waals surface area contributed by atoms with Crippen LogP contribution in [-0.4, -0.2) is 20.2 Å². The molecule has 1 amide bonds. The fraction of sp³-hybridized carbons (Fsp3) is 0. The van der Waals surface area contributed by atoms with Gasteiger partial charge in [0.25, 0.3) is 5.91 Å². The topological polar surface area (TPSA) is 148 Å². The van der Waals surface area contributed by atoms with E-state index in [9.17, 15) is 13.2 Å². The Bertz CT molecular complexity index is 1520. The molecule has 0 aliphatic carbocycles. The molecule has 0 aliphatic heterocycles. The number of hydrogen-bond donors (Lipinski definition) is 4. The summed E-state index contributed by atoms with van der Waals surface area (Å²) in [5, 5.41) is 15.9. The molecule has 35 heavy (non-hydrogen) atoms. The van der Waals surface area contributed by atoms with E-state index in [0.29, 0.717) is 39.4 Å². The van der Waals surface area contributed by atoms with Crippen molar-refractivity contribution in [3.63, 3.8) is 0 Å². The van der Waals surface area contributed by atoms with Crippen LogP contribution in [0.15, 0.2) is 102 Å². The van der Waals surface area contributed by atoms with Crippen LogP contribution in [0.5, 0.6) is 11.5 Å². The average Bonchev–Trinajstić information content (AvgIpc) is 2.85. The van der Waals surface area contributed by atoms with Gasteiger partial charge in [-0.1, -0.05) is 54.6 Å². The summed E-state index contributed by atoms with van der Waals surface area (Å²) in [5.41, 5.74) is 7.93. The molecule has 0 radical (unpaired) electrons. The third-order valence-corrected chi connectivity index (χ3v) is 6.15. The standard InChI is InChI=1S/C26H22N4O4S/c27-25(28)20-8-1-4-10-22(20)34-23-11-5-3-9-21(23)30-26(31)18-15-13-17(14-16-18)19-7-2-6-12-24(19)35(29,32)33/h1-16H,(H3,27,28)(H,30,31)(H2,29,32,33). The van der Waals surface area contributed by atoms with Crippen LogP contribution >= 0.6 is 0 Å². The number of amides is 1. The number of carbonyl (C=O) groups excluding carboxylic acids is 1. The van der Waals surface area contributed by atoms with Gasteiger partial charge in [0.2, 0.25) is 10.0 Å². The zero-order valence-corrected chi connectivity index (χ0v) is 19.3. The van der Waals surface area contributed by atoms with Crippen molar-refractivity contribution in [2.75, 3.05) is 5.32 Å². The minimum Gasteiger partial charge on any atom is -0.454 e. The second-order valence-electron chi connectivity index (χ2n) is 7.58. The molecule has 0 bridgehead atoms. The summed E-state index contributed by atoms with van der Waals surface area (Å²) < 4.78 is 29.8. The Labute approximate surface area is 202 Å². The summed E-state index contributed by atoms with van der Waals surface area (Å²) >= 11 is 0. The molecule has 4 aromatic rings. The zero-order valence-electron chi connectivity index (χ0n) is 18.4. The maximum Gasteiger partial charge on any atom is 0.255 e. The number of rotatable bonds is 7. The molecule has 6 N–H and O–H groups in total. The number of para-hydroxylation sites is 3. The first-order valence-corrected chi connectivity index (χ1v) is 12.0. The van der Waals surface area contributed by atoms with E-state index < -0.39 is 10.0 Å². The maximum absolute atomic E-state index is 12.9. The third-order valence-electron chi connectivity index (χ3n) is 5.18. The largest absolute Gasteiger partial charge is 0.454 e. The number of nitrogen functional groups attached to an aromatic ring is 1. The van der Waals surface area contributed by atoms with E-state index in [2.05, 4.69) is 5.32 Å². The molecule has 0 atom stereocenters.